The van der Waals surface area contributed by atoms with Crippen LogP contribution in [0.1, 0.15) is 11.6 Å². The van der Waals surface area contributed by atoms with Crippen molar-refractivity contribution >= 4 is 16.8 Å². The summed E-state index contributed by atoms with van der Waals surface area (Å²) >= 11 is 0. The van der Waals surface area contributed by atoms with E-state index in [0.29, 0.717) is 24.0 Å². The van der Waals surface area contributed by atoms with E-state index in [1.807, 2.05) is 47.4 Å². The minimum atomic E-state index is -0.145. The van der Waals surface area contributed by atoms with Crippen LogP contribution in [-0.4, -0.2) is 47.3 Å². The number of nitrogens with zero attached hydrogens (tertiary/aromatic N) is 3. The number of piperazine rings is 1. The van der Waals surface area contributed by atoms with Crippen LogP contribution in [0.15, 0.2) is 59.5 Å². The minimum Gasteiger partial charge on any atom is -0.496 e. The lowest BCUT2D eigenvalue weighted by molar-refractivity contribution is -0.135. The average Bonchev–Trinajstić information content (AvgIpc) is 2.76. The molecule has 7 nitrogen and oxygen atoms in total. The number of fused-ring (bicyclic) bond motifs is 1. The van der Waals surface area contributed by atoms with Gasteiger partial charge in [-0.25, -0.2) is 0 Å². The number of para-hydroxylation sites is 2. The number of benzene rings is 2. The zero-order valence-corrected chi connectivity index (χ0v) is 15.7. The summed E-state index contributed by atoms with van der Waals surface area (Å²) in [6.07, 6.45) is 1.27. The first-order valence-electron chi connectivity index (χ1n) is 9.27. The fourth-order valence-corrected chi connectivity index (χ4v) is 3.73. The Morgan fingerprint density at radius 3 is 2.86 bits per heavy atom. The third kappa shape index (κ3) is 3.36. The quantitative estimate of drug-likeness (QED) is 0.746. The Balaban J connectivity index is 1.65. The Kier molecular flexibility index (Phi) is 5.08. The molecule has 3 aromatic rings. The molecule has 1 N–H and O–H groups in total. The first kappa shape index (κ1) is 18.2. The van der Waals surface area contributed by atoms with Crippen LogP contribution in [0.4, 0.5) is 0 Å². The van der Waals surface area contributed by atoms with Crippen LogP contribution in [0.25, 0.3) is 10.9 Å². The Morgan fingerprint density at radius 2 is 2.00 bits per heavy atom. The second-order valence-electron chi connectivity index (χ2n) is 6.73. The highest BCUT2D eigenvalue weighted by Gasteiger charge is 2.30. The summed E-state index contributed by atoms with van der Waals surface area (Å²) in [5.74, 6) is 0.722. The van der Waals surface area contributed by atoms with E-state index in [4.69, 9.17) is 4.74 Å². The van der Waals surface area contributed by atoms with E-state index < -0.39 is 0 Å². The smallest absolute Gasteiger partial charge is 0.244 e. The molecule has 1 aliphatic rings. The number of nitrogens with one attached hydrogen (secondary N) is 1. The van der Waals surface area contributed by atoms with Crippen molar-refractivity contribution < 1.29 is 9.53 Å². The van der Waals surface area contributed by atoms with Crippen LogP contribution in [0.5, 0.6) is 5.75 Å². The van der Waals surface area contributed by atoms with Crippen LogP contribution in [-0.2, 0) is 11.3 Å². The topological polar surface area (TPSA) is 76.5 Å². The maximum absolute atomic E-state index is 13.2. The zero-order chi connectivity index (χ0) is 19.5. The highest BCUT2D eigenvalue weighted by Crippen LogP contribution is 2.30. The molecule has 7 heteroatoms. The zero-order valence-electron chi connectivity index (χ0n) is 15.7. The third-order valence-electron chi connectivity index (χ3n) is 5.11. The number of hydrogen-bond acceptors (Lipinski definition) is 5. The molecule has 4 rings (SSSR count). The van der Waals surface area contributed by atoms with Crippen LogP contribution >= 0.6 is 0 Å². The van der Waals surface area contributed by atoms with E-state index in [1.165, 1.54) is 6.20 Å². The van der Waals surface area contributed by atoms with Crippen molar-refractivity contribution in [1.82, 2.24) is 20.0 Å². The van der Waals surface area contributed by atoms with Crippen LogP contribution in [0.3, 0.4) is 0 Å². The molecule has 2 aromatic carbocycles. The largest absolute Gasteiger partial charge is 0.496 e. The Bertz CT molecular complexity index is 1060. The van der Waals surface area contributed by atoms with Crippen molar-refractivity contribution in [3.8, 4) is 5.75 Å². The van der Waals surface area contributed by atoms with Gasteiger partial charge in [-0.05, 0) is 18.2 Å². The summed E-state index contributed by atoms with van der Waals surface area (Å²) in [4.78, 5) is 27.1. The van der Waals surface area contributed by atoms with Gasteiger partial charge in [-0.15, -0.1) is 0 Å². The number of aromatic nitrogens is 2. The summed E-state index contributed by atoms with van der Waals surface area (Å²) < 4.78 is 7.10. The molecule has 28 heavy (non-hydrogen) atoms. The molecule has 1 amide bonds. The highest BCUT2D eigenvalue weighted by atomic mass is 16.5. The summed E-state index contributed by atoms with van der Waals surface area (Å²) in [5, 5.41) is 8.11. The molecule has 1 aromatic heterocycles. The van der Waals surface area contributed by atoms with Gasteiger partial charge in [0, 0.05) is 30.6 Å². The van der Waals surface area contributed by atoms with Crippen LogP contribution < -0.4 is 15.5 Å². The maximum atomic E-state index is 13.2. The number of methoxy groups -OCH3 is 1. The van der Waals surface area contributed by atoms with Crippen molar-refractivity contribution in [2.24, 2.45) is 0 Å². The van der Waals surface area contributed by atoms with Gasteiger partial charge >= 0.3 is 0 Å². The van der Waals surface area contributed by atoms with E-state index in [-0.39, 0.29) is 23.9 Å². The van der Waals surface area contributed by atoms with Crippen LogP contribution in [0.2, 0.25) is 0 Å². The predicted octanol–water partition coefficient (Wildman–Crippen LogP) is 1.58. The van der Waals surface area contributed by atoms with Crippen molar-refractivity contribution in [3.05, 3.63) is 70.5 Å². The van der Waals surface area contributed by atoms with E-state index >= 15 is 0 Å². The number of hydrogen-bond donors (Lipinski definition) is 1. The van der Waals surface area contributed by atoms with E-state index in [2.05, 4.69) is 10.4 Å². The third-order valence-corrected chi connectivity index (χ3v) is 5.11. The Hall–Kier alpha value is -3.19. The number of ether oxygens (including phenoxy) is 1. The summed E-state index contributed by atoms with van der Waals surface area (Å²) in [5.41, 5.74) is 1.49. The van der Waals surface area contributed by atoms with Gasteiger partial charge in [0.15, 0.2) is 0 Å². The summed E-state index contributed by atoms with van der Waals surface area (Å²) in [7, 11) is 1.64. The fourth-order valence-electron chi connectivity index (χ4n) is 3.73. The summed E-state index contributed by atoms with van der Waals surface area (Å²) in [6, 6.07) is 14.9. The van der Waals surface area contributed by atoms with Gasteiger partial charge in [-0.2, -0.15) is 5.10 Å². The maximum Gasteiger partial charge on any atom is 0.244 e. The average molecular weight is 378 g/mol. The van der Waals surface area contributed by atoms with Crippen molar-refractivity contribution in [2.75, 3.05) is 26.7 Å². The molecule has 1 fully saturated rings. The summed E-state index contributed by atoms with van der Waals surface area (Å²) in [6.45, 7) is 2.06. The Labute approximate surface area is 162 Å². The Morgan fingerprint density at radius 1 is 1.21 bits per heavy atom. The highest BCUT2D eigenvalue weighted by molar-refractivity contribution is 5.82. The molecule has 1 saturated heterocycles. The van der Waals surface area contributed by atoms with E-state index in [1.54, 1.807) is 17.9 Å². The number of amides is 1. The lowest BCUT2D eigenvalue weighted by atomic mass is 10.0. The molecule has 1 atom stereocenters. The minimum absolute atomic E-state index is 0.0429. The van der Waals surface area contributed by atoms with Crippen molar-refractivity contribution in [3.63, 3.8) is 0 Å². The monoisotopic (exact) mass is 378 g/mol. The molecule has 1 aliphatic heterocycles. The molecule has 0 aliphatic carbocycles. The van der Waals surface area contributed by atoms with E-state index in [0.717, 1.165) is 17.9 Å². The molecule has 1 unspecified atom stereocenters. The van der Waals surface area contributed by atoms with Gasteiger partial charge in [-0.1, -0.05) is 30.3 Å². The molecule has 0 bridgehead atoms. The second-order valence-corrected chi connectivity index (χ2v) is 6.73. The van der Waals surface area contributed by atoms with Gasteiger partial charge in [0.2, 0.25) is 11.3 Å². The van der Waals surface area contributed by atoms with Gasteiger partial charge in [0.05, 0.1) is 24.9 Å². The lowest BCUT2D eigenvalue weighted by Crippen LogP contribution is -2.49. The van der Waals surface area contributed by atoms with Gasteiger partial charge in [-0.3, -0.25) is 14.3 Å². The lowest BCUT2D eigenvalue weighted by Gasteiger charge is -2.37. The SMILES string of the molecule is COc1ccccc1C1CNCCN1C(=O)Cn1ncc(=O)c2ccccc21. The first-order chi connectivity index (χ1) is 13.7. The number of rotatable bonds is 4. The van der Waals surface area contributed by atoms with Crippen LogP contribution in [0, 0.1) is 0 Å². The standard InChI is InChI=1S/C21H22N4O3/c1-28-20-9-5-3-7-16(20)18-12-22-10-11-24(18)21(27)14-25-17-8-4-2-6-15(17)19(26)13-23-25/h2-9,13,18,22H,10-12,14H2,1H3. The molecule has 0 spiro atoms. The van der Waals surface area contributed by atoms with Gasteiger partial charge < -0.3 is 15.0 Å². The molecular weight excluding hydrogens is 356 g/mol. The number of carbonyl (C=O) groups is 1. The van der Waals surface area contributed by atoms with E-state index in [9.17, 15) is 9.59 Å². The predicted molar refractivity (Wildman–Crippen MR) is 106 cm³/mol. The molecule has 0 radical (unpaired) electrons. The first-order valence-corrected chi connectivity index (χ1v) is 9.27. The second kappa shape index (κ2) is 7.82. The fraction of sp³-hybridized carbons (Fsp3) is 0.286. The normalized spacial score (nSPS) is 16.9. The molecule has 2 heterocycles. The molecule has 144 valence electrons. The molecular formula is C21H22N4O3. The van der Waals surface area contributed by atoms with Crippen molar-refractivity contribution in [2.45, 2.75) is 12.6 Å². The van der Waals surface area contributed by atoms with Gasteiger partial charge in [0.1, 0.15) is 12.3 Å². The van der Waals surface area contributed by atoms with Gasteiger partial charge in [0.25, 0.3) is 0 Å². The number of carbonyl (C=O) groups excluding carboxylic acids is 1. The molecule has 0 saturated carbocycles. The van der Waals surface area contributed by atoms with Crippen molar-refractivity contribution in [1.29, 1.82) is 0 Å².